The van der Waals surface area contributed by atoms with E-state index in [-0.39, 0.29) is 23.2 Å². The topological polar surface area (TPSA) is 106 Å². The van der Waals surface area contributed by atoms with Crippen LogP contribution in [0.5, 0.6) is 17.4 Å². The lowest BCUT2D eigenvalue weighted by Gasteiger charge is -2.47. The molecule has 0 saturated carbocycles. The zero-order chi connectivity index (χ0) is 25.1. The van der Waals surface area contributed by atoms with Gasteiger partial charge in [-0.3, -0.25) is 0 Å². The number of piperidine rings is 1. The summed E-state index contributed by atoms with van der Waals surface area (Å²) in [6, 6.07) is 6.74. The van der Waals surface area contributed by atoms with E-state index in [4.69, 9.17) is 9.47 Å². The Morgan fingerprint density at radius 2 is 1.89 bits per heavy atom. The third-order valence-electron chi connectivity index (χ3n) is 7.77. The second-order valence-corrected chi connectivity index (χ2v) is 10.5. The van der Waals surface area contributed by atoms with E-state index < -0.39 is 11.7 Å². The van der Waals surface area contributed by atoms with Crippen molar-refractivity contribution in [3.8, 4) is 39.9 Å². The molecule has 2 bridgehead atoms. The summed E-state index contributed by atoms with van der Waals surface area (Å²) in [5, 5.41) is 22.8. The summed E-state index contributed by atoms with van der Waals surface area (Å²) >= 11 is 0. The maximum atomic E-state index is 15.5. The Labute approximate surface area is 208 Å². The lowest BCUT2D eigenvalue weighted by atomic mass is 9.82. The van der Waals surface area contributed by atoms with Crippen LogP contribution in [0.15, 0.2) is 36.7 Å². The van der Waals surface area contributed by atoms with Gasteiger partial charge in [-0.1, -0.05) is 6.07 Å². The van der Waals surface area contributed by atoms with E-state index in [9.17, 15) is 5.11 Å². The van der Waals surface area contributed by atoms with Crippen molar-refractivity contribution < 1.29 is 19.0 Å². The van der Waals surface area contributed by atoms with Crippen LogP contribution in [0.1, 0.15) is 33.1 Å². The number of anilines is 1. The molecule has 188 valence electrons. The van der Waals surface area contributed by atoms with Crippen LogP contribution < -0.4 is 19.7 Å². The van der Waals surface area contributed by atoms with E-state index in [1.165, 1.54) is 0 Å². The number of nitrogens with zero attached hydrogens (tertiary/aromatic N) is 5. The van der Waals surface area contributed by atoms with Crippen molar-refractivity contribution in [1.82, 2.24) is 25.5 Å². The number of phenols is 1. The number of hydrogen-bond acceptors (Lipinski definition) is 9. The second-order valence-electron chi connectivity index (χ2n) is 10.5. The monoisotopic (exact) mass is 492 g/mol. The number of phenolic OH excluding ortho intramolecular Hbond substituents is 1. The van der Waals surface area contributed by atoms with E-state index >= 15 is 4.39 Å². The molecular weight excluding hydrogens is 463 g/mol. The zero-order valence-corrected chi connectivity index (χ0v) is 20.5. The first kappa shape index (κ1) is 22.9. The van der Waals surface area contributed by atoms with Crippen molar-refractivity contribution >= 4 is 5.82 Å². The normalized spacial score (nSPS) is 28.7. The molecule has 3 aliphatic rings. The van der Waals surface area contributed by atoms with Crippen LogP contribution in [-0.2, 0) is 0 Å². The average molecular weight is 493 g/mol. The number of nitrogens with one attached hydrogen (secondary N) is 1. The van der Waals surface area contributed by atoms with Crippen molar-refractivity contribution in [2.24, 2.45) is 0 Å². The number of aromatic hydroxyl groups is 1. The van der Waals surface area contributed by atoms with Crippen molar-refractivity contribution in [3.63, 3.8) is 0 Å². The minimum Gasteiger partial charge on any atom is -0.507 e. The van der Waals surface area contributed by atoms with Gasteiger partial charge < -0.3 is 24.8 Å². The molecule has 0 spiro atoms. The molecule has 6 rings (SSSR count). The molecule has 2 saturated heterocycles. The molecule has 3 aliphatic heterocycles. The maximum Gasteiger partial charge on any atom is 0.257 e. The van der Waals surface area contributed by atoms with Gasteiger partial charge in [-0.15, -0.1) is 10.2 Å². The third-order valence-corrected chi connectivity index (χ3v) is 7.77. The van der Waals surface area contributed by atoms with Crippen LogP contribution in [0.2, 0.25) is 0 Å². The molecule has 2 aromatic heterocycles. The van der Waals surface area contributed by atoms with Crippen LogP contribution >= 0.6 is 0 Å². The fraction of sp³-hybridized carbons (Fsp3) is 0.462. The molecule has 1 aromatic carbocycles. The van der Waals surface area contributed by atoms with Gasteiger partial charge in [0, 0.05) is 29.9 Å². The van der Waals surface area contributed by atoms with E-state index in [0.29, 0.717) is 42.6 Å². The number of pyridine rings is 1. The molecule has 5 heterocycles. The number of benzene rings is 1. The van der Waals surface area contributed by atoms with Gasteiger partial charge in [0.25, 0.3) is 5.88 Å². The number of aromatic nitrogens is 4. The van der Waals surface area contributed by atoms with E-state index in [1.807, 2.05) is 31.0 Å². The highest BCUT2D eigenvalue weighted by Crippen LogP contribution is 2.45. The number of ether oxygens (including phenoxy) is 2. The molecule has 36 heavy (non-hydrogen) atoms. The van der Waals surface area contributed by atoms with Gasteiger partial charge in [0.15, 0.2) is 17.4 Å². The Morgan fingerprint density at radius 1 is 1.06 bits per heavy atom. The molecule has 0 aliphatic carbocycles. The van der Waals surface area contributed by atoms with Gasteiger partial charge in [0.1, 0.15) is 25.1 Å². The summed E-state index contributed by atoms with van der Waals surface area (Å²) in [5.74, 6) is 1.85. The minimum absolute atomic E-state index is 0.0184. The predicted octanol–water partition coefficient (Wildman–Crippen LogP) is 3.52. The Bertz CT molecular complexity index is 1310. The summed E-state index contributed by atoms with van der Waals surface area (Å²) < 4.78 is 26.6. The molecule has 0 radical (unpaired) electrons. The molecule has 3 aromatic rings. The highest BCUT2D eigenvalue weighted by molar-refractivity contribution is 5.73. The lowest BCUT2D eigenvalue weighted by Crippen LogP contribution is -2.65. The van der Waals surface area contributed by atoms with Crippen LogP contribution in [0.3, 0.4) is 0 Å². The highest BCUT2D eigenvalue weighted by Gasteiger charge is 2.56. The number of alkyl halides is 1. The Hall–Kier alpha value is -3.53. The van der Waals surface area contributed by atoms with Crippen molar-refractivity contribution in [2.45, 2.75) is 56.4 Å². The maximum absolute atomic E-state index is 15.5. The van der Waals surface area contributed by atoms with Crippen LogP contribution in [0, 0.1) is 0 Å². The lowest BCUT2D eigenvalue weighted by molar-refractivity contribution is 0.0859. The molecule has 10 heteroatoms. The predicted molar refractivity (Wildman–Crippen MR) is 132 cm³/mol. The minimum atomic E-state index is -1.04. The largest absolute Gasteiger partial charge is 0.507 e. The van der Waals surface area contributed by atoms with E-state index in [1.54, 1.807) is 24.5 Å². The number of halogens is 1. The van der Waals surface area contributed by atoms with E-state index in [0.717, 1.165) is 24.0 Å². The summed E-state index contributed by atoms with van der Waals surface area (Å²) in [5.41, 5.74) is 1.39. The Balaban J connectivity index is 1.22. The van der Waals surface area contributed by atoms with Gasteiger partial charge in [0.2, 0.25) is 0 Å². The molecule has 2 fully saturated rings. The summed E-state index contributed by atoms with van der Waals surface area (Å²) in [6.07, 6.45) is 4.68. The first-order chi connectivity index (χ1) is 17.2. The smallest absolute Gasteiger partial charge is 0.257 e. The molecule has 0 unspecified atom stereocenters. The van der Waals surface area contributed by atoms with Gasteiger partial charge >= 0.3 is 0 Å². The molecule has 4 atom stereocenters. The zero-order valence-electron chi connectivity index (χ0n) is 20.5. The van der Waals surface area contributed by atoms with Crippen molar-refractivity contribution in [2.75, 3.05) is 25.2 Å². The van der Waals surface area contributed by atoms with Crippen LogP contribution in [-0.4, -0.2) is 68.8 Å². The standard InChI is InChI=1S/C26H29FN6O3/c1-25-6-7-26(2,32-25)22(27)18(12-25)33(3)21-14-28-23(31-30-21)17-5-4-15(10-19(17)34)16-11-20-24(29-13-16)36-9-8-35-20/h4-5,10-11,13-14,18,22,32,34H,6-9,12H2,1-3H3/t18-,22-,25-,26+/m1/s1. The highest BCUT2D eigenvalue weighted by atomic mass is 19.1. The average Bonchev–Trinajstić information content (AvgIpc) is 3.17. The molecule has 2 N–H and O–H groups in total. The molecular formula is C26H29FN6O3. The van der Waals surface area contributed by atoms with Crippen LogP contribution in [0.25, 0.3) is 22.5 Å². The van der Waals surface area contributed by atoms with Crippen molar-refractivity contribution in [1.29, 1.82) is 0 Å². The van der Waals surface area contributed by atoms with Gasteiger partial charge in [-0.25, -0.2) is 14.4 Å². The van der Waals surface area contributed by atoms with Gasteiger partial charge in [0.05, 0.1) is 17.8 Å². The summed E-state index contributed by atoms with van der Waals surface area (Å²) in [6.45, 7) is 5.07. The van der Waals surface area contributed by atoms with Crippen molar-refractivity contribution in [3.05, 3.63) is 36.7 Å². The first-order valence-electron chi connectivity index (χ1n) is 12.2. The molecule has 0 amide bonds. The quantitative estimate of drug-likeness (QED) is 0.566. The Kier molecular flexibility index (Phi) is 5.26. The molecule has 9 nitrogen and oxygen atoms in total. The van der Waals surface area contributed by atoms with Gasteiger partial charge in [-0.05, 0) is 56.9 Å². The fourth-order valence-electron chi connectivity index (χ4n) is 5.75. The summed E-state index contributed by atoms with van der Waals surface area (Å²) in [4.78, 5) is 10.6. The Morgan fingerprint density at radius 3 is 2.67 bits per heavy atom. The van der Waals surface area contributed by atoms with Gasteiger partial charge in [-0.2, -0.15) is 0 Å². The SMILES string of the molecule is CN(c1cnc(-c2ccc(-c3cnc4c(c3)OCCO4)cc2O)nn1)[C@@H]1C[C@@]2(C)CC[C@](C)(N2)[C@@H]1F. The van der Waals surface area contributed by atoms with Crippen LogP contribution in [0.4, 0.5) is 10.2 Å². The fourth-order valence-corrected chi connectivity index (χ4v) is 5.75. The van der Waals surface area contributed by atoms with E-state index in [2.05, 4.69) is 32.4 Å². The number of rotatable bonds is 4. The number of hydrogen-bond donors (Lipinski definition) is 2. The summed E-state index contributed by atoms with van der Waals surface area (Å²) in [7, 11) is 1.84. The number of fused-ring (bicyclic) bond motifs is 3. The second kappa shape index (κ2) is 8.26. The first-order valence-corrected chi connectivity index (χ1v) is 12.2. The third kappa shape index (κ3) is 3.80.